The van der Waals surface area contributed by atoms with E-state index < -0.39 is 10.0 Å². The van der Waals surface area contributed by atoms with Gasteiger partial charge in [-0.2, -0.15) is 4.31 Å². The predicted molar refractivity (Wildman–Crippen MR) is 116 cm³/mol. The van der Waals surface area contributed by atoms with Crippen LogP contribution in [0.25, 0.3) is 10.9 Å². The molecule has 1 saturated heterocycles. The van der Waals surface area contributed by atoms with Gasteiger partial charge in [0.2, 0.25) is 10.0 Å². The topological polar surface area (TPSA) is 51.5 Å². The zero-order valence-electron chi connectivity index (χ0n) is 17.2. The number of para-hydroxylation sites is 1. The largest absolute Gasteiger partial charge is 0.491 e. The van der Waals surface area contributed by atoms with Crippen molar-refractivity contribution in [1.82, 2.24) is 8.87 Å². The standard InChI is InChI=1S/C23H28N2O3S/c1-17(2)28-20-8-10-21(11-9-20)29(26,27)24-14-12-19(13-15-24)25-16-18(3)22-6-4-5-7-23(22)25/h4-11,16-17,19H,12-15H2,1-3H3. The fourth-order valence-corrected chi connectivity index (χ4v) is 5.62. The van der Waals surface area contributed by atoms with E-state index in [0.717, 1.165) is 12.8 Å². The normalized spacial score (nSPS) is 16.6. The molecule has 0 radical (unpaired) electrons. The molecule has 0 bridgehead atoms. The van der Waals surface area contributed by atoms with E-state index in [1.165, 1.54) is 16.5 Å². The molecule has 5 nitrogen and oxygen atoms in total. The maximum Gasteiger partial charge on any atom is 0.243 e. The lowest BCUT2D eigenvalue weighted by molar-refractivity contribution is 0.242. The van der Waals surface area contributed by atoms with Crippen LogP contribution in [0.5, 0.6) is 5.75 Å². The molecule has 0 unspecified atom stereocenters. The Labute approximate surface area is 173 Å². The molecule has 0 N–H and O–H groups in total. The molecule has 0 atom stereocenters. The van der Waals surface area contributed by atoms with Gasteiger partial charge in [-0.3, -0.25) is 0 Å². The molecule has 0 saturated carbocycles. The van der Waals surface area contributed by atoms with Gasteiger partial charge in [0.1, 0.15) is 5.75 Å². The first-order valence-corrected chi connectivity index (χ1v) is 11.6. The zero-order chi connectivity index (χ0) is 20.6. The van der Waals surface area contributed by atoms with Crippen LogP contribution in [0.2, 0.25) is 0 Å². The van der Waals surface area contributed by atoms with E-state index in [4.69, 9.17) is 4.74 Å². The monoisotopic (exact) mass is 412 g/mol. The van der Waals surface area contributed by atoms with Gasteiger partial charge in [0.05, 0.1) is 11.0 Å². The summed E-state index contributed by atoms with van der Waals surface area (Å²) in [5.41, 5.74) is 2.49. The molecule has 1 aliphatic rings. The lowest BCUT2D eigenvalue weighted by atomic mass is 10.1. The van der Waals surface area contributed by atoms with E-state index in [1.54, 1.807) is 28.6 Å². The third-order valence-electron chi connectivity index (χ3n) is 5.59. The first-order chi connectivity index (χ1) is 13.9. The summed E-state index contributed by atoms with van der Waals surface area (Å²) >= 11 is 0. The molecular formula is C23H28N2O3S. The third-order valence-corrected chi connectivity index (χ3v) is 7.50. The molecular weight excluding hydrogens is 384 g/mol. The van der Waals surface area contributed by atoms with Crippen LogP contribution >= 0.6 is 0 Å². The van der Waals surface area contributed by atoms with Crippen molar-refractivity contribution in [2.45, 2.75) is 50.7 Å². The fraction of sp³-hybridized carbons (Fsp3) is 0.391. The van der Waals surface area contributed by atoms with E-state index in [-0.39, 0.29) is 6.10 Å². The van der Waals surface area contributed by atoms with E-state index in [2.05, 4.69) is 42.0 Å². The molecule has 0 amide bonds. The van der Waals surface area contributed by atoms with Crippen molar-refractivity contribution in [2.24, 2.45) is 0 Å². The number of hydrogen-bond donors (Lipinski definition) is 0. The smallest absolute Gasteiger partial charge is 0.243 e. The Kier molecular flexibility index (Phi) is 5.40. The van der Waals surface area contributed by atoms with Crippen molar-refractivity contribution in [2.75, 3.05) is 13.1 Å². The van der Waals surface area contributed by atoms with Crippen molar-refractivity contribution < 1.29 is 13.2 Å². The highest BCUT2D eigenvalue weighted by molar-refractivity contribution is 7.89. The second kappa shape index (κ2) is 7.84. The molecule has 0 aliphatic carbocycles. The summed E-state index contributed by atoms with van der Waals surface area (Å²) in [6, 6.07) is 15.5. The molecule has 6 heteroatoms. The lowest BCUT2D eigenvalue weighted by Gasteiger charge is -2.32. The van der Waals surface area contributed by atoms with Gasteiger partial charge in [-0.1, -0.05) is 18.2 Å². The summed E-state index contributed by atoms with van der Waals surface area (Å²) < 4.78 is 35.7. The molecule has 0 spiro atoms. The number of benzene rings is 2. The molecule has 154 valence electrons. The molecule has 29 heavy (non-hydrogen) atoms. The highest BCUT2D eigenvalue weighted by Crippen LogP contribution is 2.32. The number of fused-ring (bicyclic) bond motifs is 1. The van der Waals surface area contributed by atoms with Crippen molar-refractivity contribution in [1.29, 1.82) is 0 Å². The average molecular weight is 413 g/mol. The van der Waals surface area contributed by atoms with Crippen LogP contribution in [0.4, 0.5) is 0 Å². The summed E-state index contributed by atoms with van der Waals surface area (Å²) in [5.74, 6) is 0.688. The Bertz CT molecular complexity index is 1090. The maximum atomic E-state index is 13.1. The van der Waals surface area contributed by atoms with Crippen LogP contribution in [-0.2, 0) is 10.0 Å². The Morgan fingerprint density at radius 2 is 1.66 bits per heavy atom. The van der Waals surface area contributed by atoms with Crippen LogP contribution in [0.1, 0.15) is 38.3 Å². The van der Waals surface area contributed by atoms with E-state index in [0.29, 0.717) is 29.8 Å². The number of aryl methyl sites for hydroxylation is 1. The van der Waals surface area contributed by atoms with Crippen molar-refractivity contribution in [3.63, 3.8) is 0 Å². The lowest BCUT2D eigenvalue weighted by Crippen LogP contribution is -2.38. The number of nitrogens with zero attached hydrogens (tertiary/aromatic N) is 2. The highest BCUT2D eigenvalue weighted by atomic mass is 32.2. The third kappa shape index (κ3) is 3.91. The summed E-state index contributed by atoms with van der Waals surface area (Å²) in [7, 11) is -3.48. The minimum atomic E-state index is -3.48. The van der Waals surface area contributed by atoms with Crippen LogP contribution in [0, 0.1) is 6.92 Å². The Balaban J connectivity index is 1.48. The number of sulfonamides is 1. The molecule has 1 aromatic heterocycles. The summed E-state index contributed by atoms with van der Waals surface area (Å²) in [4.78, 5) is 0.328. The van der Waals surface area contributed by atoms with Crippen LogP contribution in [0.3, 0.4) is 0 Å². The van der Waals surface area contributed by atoms with Gasteiger partial charge < -0.3 is 9.30 Å². The van der Waals surface area contributed by atoms with Crippen LogP contribution in [-0.4, -0.2) is 36.5 Å². The van der Waals surface area contributed by atoms with Gasteiger partial charge in [0.25, 0.3) is 0 Å². The highest BCUT2D eigenvalue weighted by Gasteiger charge is 2.30. The Hall–Kier alpha value is -2.31. The second-order valence-electron chi connectivity index (χ2n) is 8.01. The fourth-order valence-electron chi connectivity index (χ4n) is 4.15. The van der Waals surface area contributed by atoms with Gasteiger partial charge >= 0.3 is 0 Å². The number of ether oxygens (including phenoxy) is 1. The first kappa shape index (κ1) is 20.0. The molecule has 3 aromatic rings. The van der Waals surface area contributed by atoms with Gasteiger partial charge in [-0.15, -0.1) is 0 Å². The Morgan fingerprint density at radius 1 is 1.00 bits per heavy atom. The molecule has 1 aliphatic heterocycles. The van der Waals surface area contributed by atoms with Gasteiger partial charge in [-0.25, -0.2) is 8.42 Å². The summed E-state index contributed by atoms with van der Waals surface area (Å²) in [6.07, 6.45) is 3.88. The van der Waals surface area contributed by atoms with Crippen molar-refractivity contribution >= 4 is 20.9 Å². The summed E-state index contributed by atoms with van der Waals surface area (Å²) in [6.45, 7) is 7.09. The second-order valence-corrected chi connectivity index (χ2v) is 9.95. The number of rotatable bonds is 5. The Morgan fingerprint density at radius 3 is 2.31 bits per heavy atom. The van der Waals surface area contributed by atoms with Gasteiger partial charge in [0.15, 0.2) is 0 Å². The molecule has 4 rings (SSSR count). The van der Waals surface area contributed by atoms with Gasteiger partial charge in [0, 0.05) is 36.2 Å². The zero-order valence-corrected chi connectivity index (χ0v) is 18.0. The van der Waals surface area contributed by atoms with Crippen LogP contribution < -0.4 is 4.74 Å². The minimum absolute atomic E-state index is 0.0601. The molecule has 1 fully saturated rings. The maximum absolute atomic E-state index is 13.1. The van der Waals surface area contributed by atoms with E-state index >= 15 is 0 Å². The predicted octanol–water partition coefficient (Wildman–Crippen LogP) is 4.76. The quantitative estimate of drug-likeness (QED) is 0.607. The molecule has 2 aromatic carbocycles. The minimum Gasteiger partial charge on any atom is -0.491 e. The number of piperidine rings is 1. The van der Waals surface area contributed by atoms with Crippen molar-refractivity contribution in [3.8, 4) is 5.75 Å². The van der Waals surface area contributed by atoms with Crippen molar-refractivity contribution in [3.05, 3.63) is 60.3 Å². The van der Waals surface area contributed by atoms with E-state index in [1.807, 2.05) is 13.8 Å². The van der Waals surface area contributed by atoms with Crippen LogP contribution in [0.15, 0.2) is 59.6 Å². The SMILES string of the molecule is Cc1cn(C2CCN(S(=O)(=O)c3ccc(OC(C)C)cc3)CC2)c2ccccc12. The summed E-state index contributed by atoms with van der Waals surface area (Å²) in [5, 5.41) is 1.27. The van der Waals surface area contributed by atoms with Gasteiger partial charge in [-0.05, 0) is 69.5 Å². The number of hydrogen-bond acceptors (Lipinski definition) is 3. The number of aromatic nitrogens is 1. The molecule has 2 heterocycles. The first-order valence-electron chi connectivity index (χ1n) is 10.2. The van der Waals surface area contributed by atoms with E-state index in [9.17, 15) is 8.42 Å². The average Bonchev–Trinajstić information content (AvgIpc) is 3.05.